The third-order valence-electron chi connectivity index (χ3n) is 8.20. The average Bonchev–Trinajstić information content (AvgIpc) is 3.60. The number of nitrogens with one attached hydrogen (secondary N) is 1. The molecule has 10 nitrogen and oxygen atoms in total. The fourth-order valence-corrected chi connectivity index (χ4v) is 7.65. The zero-order valence-electron chi connectivity index (χ0n) is 25.2. The summed E-state index contributed by atoms with van der Waals surface area (Å²) in [6.45, 7) is 2.59. The number of nitrogens with zero attached hydrogens (tertiary/aromatic N) is 2. The van der Waals surface area contributed by atoms with Gasteiger partial charge < -0.3 is 19.5 Å². The van der Waals surface area contributed by atoms with Crippen molar-refractivity contribution >= 4 is 32.4 Å². The normalized spacial score (nSPS) is 18.7. The minimum Gasteiger partial charge on any atom is -0.484 e. The first-order chi connectivity index (χ1) is 21.9. The van der Waals surface area contributed by atoms with Gasteiger partial charge in [0.25, 0.3) is 5.91 Å². The molecule has 46 heavy (non-hydrogen) atoms. The molecule has 242 valence electrons. The number of sulfone groups is 1. The van der Waals surface area contributed by atoms with Crippen molar-refractivity contribution in [1.82, 2.24) is 15.1 Å². The highest BCUT2D eigenvalue weighted by Crippen LogP contribution is 2.33. The molecule has 2 aliphatic rings. The third-order valence-corrected chi connectivity index (χ3v) is 10.0. The van der Waals surface area contributed by atoms with E-state index in [1.807, 2.05) is 12.1 Å². The fourth-order valence-electron chi connectivity index (χ4n) is 5.79. The first-order valence-corrected chi connectivity index (χ1v) is 16.7. The molecular weight excluding hydrogens is 620 g/mol. The second kappa shape index (κ2) is 12.4. The summed E-state index contributed by atoms with van der Waals surface area (Å²) in [5.41, 5.74) is 3.30. The highest BCUT2D eigenvalue weighted by Gasteiger charge is 2.35. The van der Waals surface area contributed by atoms with Crippen molar-refractivity contribution in [2.24, 2.45) is 5.92 Å². The lowest BCUT2D eigenvalue weighted by molar-refractivity contribution is -0.144. The molecule has 1 amide bonds. The number of rotatable bonds is 10. The SMILES string of the molecule is C[C@H](NC(=O)C(C)(F)F)[C@H](Oc1ccc2c(cnn2-c2cccc(C(=O)C[C@@H]3CCS(=O)(=O)C3)c2)c1)c1ccc2c(c1)OCOC2. The minimum atomic E-state index is -3.57. The number of amides is 1. The molecule has 1 aromatic heterocycles. The molecule has 0 unspecified atom stereocenters. The number of ether oxygens (including phenoxy) is 3. The monoisotopic (exact) mass is 653 g/mol. The maximum atomic E-state index is 13.8. The predicted molar refractivity (Wildman–Crippen MR) is 165 cm³/mol. The van der Waals surface area contributed by atoms with Crippen LogP contribution < -0.4 is 14.8 Å². The second-order valence-electron chi connectivity index (χ2n) is 11.9. The highest BCUT2D eigenvalue weighted by atomic mass is 32.2. The van der Waals surface area contributed by atoms with Crippen LogP contribution >= 0.6 is 0 Å². The quantitative estimate of drug-likeness (QED) is 0.232. The summed E-state index contributed by atoms with van der Waals surface area (Å²) in [5, 5.41) is 7.60. The molecule has 6 rings (SSSR count). The molecule has 4 aromatic rings. The minimum absolute atomic E-state index is 0.0406. The number of hydrogen-bond acceptors (Lipinski definition) is 8. The number of carbonyl (C=O) groups excluding carboxylic acids is 2. The van der Waals surface area contributed by atoms with Gasteiger partial charge in [-0.3, -0.25) is 9.59 Å². The molecule has 0 spiro atoms. The molecule has 13 heteroatoms. The van der Waals surface area contributed by atoms with E-state index in [-0.39, 0.29) is 36.4 Å². The molecule has 3 atom stereocenters. The van der Waals surface area contributed by atoms with Gasteiger partial charge in [0.1, 0.15) is 17.6 Å². The Morgan fingerprint density at radius 2 is 1.98 bits per heavy atom. The zero-order valence-corrected chi connectivity index (χ0v) is 26.1. The molecule has 1 saturated heterocycles. The molecule has 0 bridgehead atoms. The largest absolute Gasteiger partial charge is 0.484 e. The van der Waals surface area contributed by atoms with E-state index >= 15 is 0 Å². The average molecular weight is 654 g/mol. The Labute approximate surface area is 264 Å². The molecule has 3 aromatic carbocycles. The third kappa shape index (κ3) is 6.90. The second-order valence-corrected chi connectivity index (χ2v) is 14.1. The number of hydrogen-bond donors (Lipinski definition) is 1. The first-order valence-electron chi connectivity index (χ1n) is 14.9. The number of carbonyl (C=O) groups is 2. The van der Waals surface area contributed by atoms with E-state index in [9.17, 15) is 26.8 Å². The standard InChI is InChI=1S/C33H33F2N3O7S/c1-20(37-32(40)33(2,34)35)31(23-6-7-24-17-43-19-44-30(24)15-23)45-27-8-9-28-25(14-27)16-36-38(28)26-5-3-4-22(13-26)29(39)12-21-10-11-46(41,42)18-21/h3-9,13-16,20-21,31H,10-12,17-19H2,1-2H3,(H,37,40)/t20-,21-,31-/m0/s1. The van der Waals surface area contributed by atoms with Gasteiger partial charge in [0.2, 0.25) is 0 Å². The van der Waals surface area contributed by atoms with Crippen LogP contribution in [0.5, 0.6) is 11.5 Å². The van der Waals surface area contributed by atoms with E-state index in [1.165, 1.54) is 0 Å². The summed E-state index contributed by atoms with van der Waals surface area (Å²) in [5.74, 6) is -4.12. The number of Topliss-reactive ketones (excluding diaryl/α,β-unsaturated/α-hetero) is 1. The Morgan fingerprint density at radius 3 is 2.74 bits per heavy atom. The van der Waals surface area contributed by atoms with Crippen molar-refractivity contribution in [1.29, 1.82) is 0 Å². The van der Waals surface area contributed by atoms with Crippen molar-refractivity contribution in [2.45, 2.75) is 51.4 Å². The maximum absolute atomic E-state index is 13.8. The van der Waals surface area contributed by atoms with Crippen molar-refractivity contribution in [3.05, 3.63) is 83.6 Å². The number of fused-ring (bicyclic) bond motifs is 2. The van der Waals surface area contributed by atoms with Crippen molar-refractivity contribution in [2.75, 3.05) is 18.3 Å². The van der Waals surface area contributed by atoms with Crippen LogP contribution in [0.2, 0.25) is 0 Å². The molecule has 1 fully saturated rings. The van der Waals surface area contributed by atoms with Crippen LogP contribution in [0.25, 0.3) is 16.6 Å². The predicted octanol–water partition coefficient (Wildman–Crippen LogP) is 5.18. The van der Waals surface area contributed by atoms with Crippen LogP contribution in [-0.4, -0.2) is 60.2 Å². The highest BCUT2D eigenvalue weighted by molar-refractivity contribution is 7.91. The number of alkyl halides is 2. The Kier molecular flexibility index (Phi) is 8.55. The lowest BCUT2D eigenvalue weighted by Crippen LogP contribution is -2.46. The van der Waals surface area contributed by atoms with E-state index in [0.29, 0.717) is 53.7 Å². The van der Waals surface area contributed by atoms with Crippen LogP contribution in [0.15, 0.2) is 66.9 Å². The maximum Gasteiger partial charge on any atom is 0.321 e. The molecule has 0 radical (unpaired) electrons. The van der Waals surface area contributed by atoms with Crippen molar-refractivity contribution in [3.8, 4) is 17.2 Å². The lowest BCUT2D eigenvalue weighted by Gasteiger charge is -2.28. The summed E-state index contributed by atoms with van der Waals surface area (Å²) in [6, 6.07) is 16.8. The summed E-state index contributed by atoms with van der Waals surface area (Å²) >= 11 is 0. The van der Waals surface area contributed by atoms with Gasteiger partial charge in [0, 0.05) is 29.9 Å². The van der Waals surface area contributed by atoms with Crippen LogP contribution in [0.4, 0.5) is 8.78 Å². The number of ketones is 1. The summed E-state index contributed by atoms with van der Waals surface area (Å²) in [7, 11) is -3.07. The molecular formula is C33H33F2N3O7S. The van der Waals surface area contributed by atoms with E-state index < -0.39 is 33.8 Å². The van der Waals surface area contributed by atoms with E-state index in [1.54, 1.807) is 66.3 Å². The topological polar surface area (TPSA) is 126 Å². The van der Waals surface area contributed by atoms with Gasteiger partial charge >= 0.3 is 5.92 Å². The van der Waals surface area contributed by atoms with Crippen molar-refractivity contribution < 1.29 is 41.0 Å². The Morgan fingerprint density at radius 1 is 1.15 bits per heavy atom. The summed E-state index contributed by atoms with van der Waals surface area (Å²) < 4.78 is 70.1. The van der Waals surface area contributed by atoms with Crippen molar-refractivity contribution in [3.63, 3.8) is 0 Å². The first kappa shape index (κ1) is 31.6. The van der Waals surface area contributed by atoms with E-state index in [0.717, 1.165) is 11.1 Å². The molecule has 1 N–H and O–H groups in total. The zero-order chi connectivity index (χ0) is 32.6. The molecule has 2 aliphatic heterocycles. The van der Waals surface area contributed by atoms with Crippen LogP contribution in [0.1, 0.15) is 54.3 Å². The molecule has 3 heterocycles. The van der Waals surface area contributed by atoms with Crippen LogP contribution in [-0.2, 0) is 26.0 Å². The number of halogens is 2. The van der Waals surface area contributed by atoms with E-state index in [2.05, 4.69) is 10.4 Å². The Bertz CT molecular complexity index is 1900. The fraction of sp³-hybridized carbons (Fsp3) is 0.364. The number of benzene rings is 3. The molecule has 0 saturated carbocycles. The van der Waals surface area contributed by atoms with Gasteiger partial charge in [-0.05, 0) is 61.2 Å². The smallest absolute Gasteiger partial charge is 0.321 e. The number of aromatic nitrogens is 2. The van der Waals surface area contributed by atoms with Gasteiger partial charge in [-0.15, -0.1) is 0 Å². The lowest BCUT2D eigenvalue weighted by atomic mass is 9.97. The van der Waals surface area contributed by atoms with Crippen LogP contribution in [0, 0.1) is 5.92 Å². The summed E-state index contributed by atoms with van der Waals surface area (Å²) in [6.07, 6.45) is 1.45. The van der Waals surface area contributed by atoms with Gasteiger partial charge in [0.05, 0.1) is 41.6 Å². The van der Waals surface area contributed by atoms with Crippen LogP contribution in [0.3, 0.4) is 0 Å². The van der Waals surface area contributed by atoms with Gasteiger partial charge in [-0.2, -0.15) is 13.9 Å². The Balaban J connectivity index is 1.25. The molecule has 0 aliphatic carbocycles. The summed E-state index contributed by atoms with van der Waals surface area (Å²) in [4.78, 5) is 25.2. The van der Waals surface area contributed by atoms with Gasteiger partial charge in [-0.25, -0.2) is 13.1 Å². The van der Waals surface area contributed by atoms with Gasteiger partial charge in [-0.1, -0.05) is 24.3 Å². The Hall–Kier alpha value is -4.36. The van der Waals surface area contributed by atoms with E-state index in [4.69, 9.17) is 14.2 Å². The van der Waals surface area contributed by atoms with Gasteiger partial charge in [0.15, 0.2) is 22.4 Å².